The summed E-state index contributed by atoms with van der Waals surface area (Å²) < 4.78 is 11.2. The van der Waals surface area contributed by atoms with Crippen molar-refractivity contribution in [3.63, 3.8) is 0 Å². The molecule has 39 heavy (non-hydrogen) atoms. The molecule has 0 aliphatic heterocycles. The summed E-state index contributed by atoms with van der Waals surface area (Å²) in [7, 11) is 1.65. The van der Waals surface area contributed by atoms with E-state index >= 15 is 0 Å². The summed E-state index contributed by atoms with van der Waals surface area (Å²) in [6.45, 7) is 9.35. The Kier molecular flexibility index (Phi) is 8.32. The van der Waals surface area contributed by atoms with E-state index in [4.69, 9.17) is 9.47 Å². The Morgan fingerprint density at radius 3 is 2.41 bits per heavy atom. The zero-order valence-corrected chi connectivity index (χ0v) is 24.9. The minimum atomic E-state index is -0.225. The molecule has 5 rings (SSSR count). The van der Waals surface area contributed by atoms with E-state index in [1.54, 1.807) is 20.1 Å². The summed E-state index contributed by atoms with van der Waals surface area (Å²) in [6, 6.07) is 7.69. The fourth-order valence-corrected chi connectivity index (χ4v) is 10.0. The Bertz CT molecular complexity index is 1060. The third-order valence-corrected chi connectivity index (χ3v) is 12.1. The maximum Gasteiger partial charge on any atom is 0.331 e. The Labute approximate surface area is 236 Å². The molecule has 4 aliphatic carbocycles. The van der Waals surface area contributed by atoms with Gasteiger partial charge in [0.15, 0.2) is 0 Å². The molecule has 4 nitrogen and oxygen atoms in total. The predicted octanol–water partition coefficient (Wildman–Crippen LogP) is 8.28. The van der Waals surface area contributed by atoms with E-state index in [0.29, 0.717) is 28.4 Å². The van der Waals surface area contributed by atoms with Crippen molar-refractivity contribution in [2.24, 2.45) is 46.3 Å². The Morgan fingerprint density at radius 1 is 0.974 bits per heavy atom. The van der Waals surface area contributed by atoms with Gasteiger partial charge in [-0.25, -0.2) is 4.79 Å². The topological polar surface area (TPSA) is 52.6 Å². The zero-order valence-electron chi connectivity index (χ0n) is 24.9. The molecular formula is C35H50O4. The number of fused-ring (bicyclic) bond motifs is 5. The summed E-state index contributed by atoms with van der Waals surface area (Å²) in [5.74, 6) is 5.51. The molecule has 4 fully saturated rings. The first-order valence-corrected chi connectivity index (χ1v) is 15.7. The van der Waals surface area contributed by atoms with Gasteiger partial charge in [0.2, 0.25) is 0 Å². The number of carbonyl (C=O) groups excluding carboxylic acids is 2. The van der Waals surface area contributed by atoms with Crippen LogP contribution in [0.15, 0.2) is 30.3 Å². The largest absolute Gasteiger partial charge is 0.497 e. The van der Waals surface area contributed by atoms with Crippen LogP contribution < -0.4 is 4.74 Å². The average molecular weight is 535 g/mol. The van der Waals surface area contributed by atoms with Crippen molar-refractivity contribution >= 4 is 17.8 Å². The van der Waals surface area contributed by atoms with Crippen LogP contribution in [0.25, 0.3) is 6.08 Å². The van der Waals surface area contributed by atoms with Crippen LogP contribution in [0, 0.1) is 46.3 Å². The van der Waals surface area contributed by atoms with E-state index in [1.807, 2.05) is 30.3 Å². The predicted molar refractivity (Wildman–Crippen MR) is 156 cm³/mol. The van der Waals surface area contributed by atoms with Crippen molar-refractivity contribution in [2.75, 3.05) is 7.11 Å². The van der Waals surface area contributed by atoms with E-state index in [1.165, 1.54) is 44.9 Å². The monoisotopic (exact) mass is 534 g/mol. The third-order valence-electron chi connectivity index (χ3n) is 12.1. The van der Waals surface area contributed by atoms with Crippen molar-refractivity contribution in [3.05, 3.63) is 35.9 Å². The summed E-state index contributed by atoms with van der Waals surface area (Å²) in [4.78, 5) is 24.3. The van der Waals surface area contributed by atoms with Crippen LogP contribution in [0.1, 0.15) is 104 Å². The van der Waals surface area contributed by atoms with E-state index < -0.39 is 0 Å². The fraction of sp³-hybridized carbons (Fsp3) is 0.714. The maximum atomic E-state index is 12.7. The second-order valence-electron chi connectivity index (χ2n) is 14.0. The number of rotatable bonds is 8. The van der Waals surface area contributed by atoms with Gasteiger partial charge in [-0.15, -0.1) is 0 Å². The molecule has 4 heteroatoms. The number of methoxy groups -OCH3 is 1. The number of Topliss-reactive ketones (excluding diaryl/α,β-unsaturated/α-hetero) is 1. The van der Waals surface area contributed by atoms with Crippen LogP contribution in [0.4, 0.5) is 0 Å². The number of ether oxygens (including phenoxy) is 2. The van der Waals surface area contributed by atoms with Gasteiger partial charge in [0.25, 0.3) is 0 Å². The number of ketones is 1. The van der Waals surface area contributed by atoms with Gasteiger partial charge >= 0.3 is 5.97 Å². The van der Waals surface area contributed by atoms with E-state index in [9.17, 15) is 9.59 Å². The van der Waals surface area contributed by atoms with E-state index in [2.05, 4.69) is 20.8 Å². The molecule has 1 aromatic carbocycles. The van der Waals surface area contributed by atoms with Gasteiger partial charge in [0, 0.05) is 12.5 Å². The first-order chi connectivity index (χ1) is 18.6. The van der Waals surface area contributed by atoms with Gasteiger partial charge in [0.1, 0.15) is 17.6 Å². The van der Waals surface area contributed by atoms with Crippen LogP contribution in [-0.2, 0) is 14.3 Å². The molecular weight excluding hydrogens is 484 g/mol. The lowest BCUT2D eigenvalue weighted by molar-refractivity contribution is -0.157. The summed E-state index contributed by atoms with van der Waals surface area (Å²) in [5.41, 5.74) is 1.79. The highest BCUT2D eigenvalue weighted by atomic mass is 16.5. The van der Waals surface area contributed by atoms with Gasteiger partial charge in [-0.1, -0.05) is 32.9 Å². The van der Waals surface area contributed by atoms with E-state index in [0.717, 1.165) is 60.7 Å². The molecule has 0 amide bonds. The molecule has 0 heterocycles. The van der Waals surface area contributed by atoms with Crippen LogP contribution >= 0.6 is 0 Å². The molecule has 4 saturated carbocycles. The highest BCUT2D eigenvalue weighted by molar-refractivity contribution is 5.87. The Balaban J connectivity index is 1.18. The van der Waals surface area contributed by atoms with Gasteiger partial charge < -0.3 is 14.3 Å². The van der Waals surface area contributed by atoms with Gasteiger partial charge in [0.05, 0.1) is 7.11 Å². The maximum absolute atomic E-state index is 12.7. The van der Waals surface area contributed by atoms with Gasteiger partial charge in [-0.05, 0) is 141 Å². The third kappa shape index (κ3) is 5.59. The first kappa shape index (κ1) is 28.4. The molecule has 0 saturated heterocycles. The standard InChI is InChI=1S/C35H50O4/c1-23(6-7-24(2)36)30-15-16-31-29-14-11-26-22-28(18-20-34(26,3)32(29)19-21-35(30,31)4)39-33(37)17-10-25-8-12-27(38-5)13-9-25/h8-10,12-13,17,23,26,28-32H,6-7,11,14-16,18-22H2,1-5H3/b17-10+. The summed E-state index contributed by atoms with van der Waals surface area (Å²) in [5, 5.41) is 0. The number of hydrogen-bond acceptors (Lipinski definition) is 4. The smallest absolute Gasteiger partial charge is 0.331 e. The number of benzene rings is 1. The second-order valence-corrected chi connectivity index (χ2v) is 14.0. The lowest BCUT2D eigenvalue weighted by atomic mass is 9.44. The molecule has 0 aromatic heterocycles. The molecule has 0 bridgehead atoms. The van der Waals surface area contributed by atoms with Crippen molar-refractivity contribution in [1.29, 1.82) is 0 Å². The highest BCUT2D eigenvalue weighted by Crippen LogP contribution is 2.68. The Morgan fingerprint density at radius 2 is 1.69 bits per heavy atom. The lowest BCUT2D eigenvalue weighted by Gasteiger charge is -2.61. The SMILES string of the molecule is COc1ccc(/C=C/C(=O)OC2CCC3(C)C(CCC4C3CCC3(C)C(C(C)CCC(C)=O)CCC43)C2)cc1. The minimum absolute atomic E-state index is 0.0412. The van der Waals surface area contributed by atoms with Crippen molar-refractivity contribution in [1.82, 2.24) is 0 Å². The minimum Gasteiger partial charge on any atom is -0.497 e. The molecule has 1 aromatic rings. The number of carbonyl (C=O) groups is 2. The van der Waals surface area contributed by atoms with Crippen LogP contribution in [-0.4, -0.2) is 25.0 Å². The van der Waals surface area contributed by atoms with Crippen molar-refractivity contribution < 1.29 is 19.1 Å². The number of hydrogen-bond donors (Lipinski definition) is 0. The van der Waals surface area contributed by atoms with Crippen molar-refractivity contribution in [3.8, 4) is 5.75 Å². The van der Waals surface area contributed by atoms with Gasteiger partial charge in [-0.2, -0.15) is 0 Å². The quantitative estimate of drug-likeness (QED) is 0.249. The highest BCUT2D eigenvalue weighted by Gasteiger charge is 2.60. The van der Waals surface area contributed by atoms with Crippen LogP contribution in [0.5, 0.6) is 5.75 Å². The number of esters is 1. The molecule has 4 aliphatic rings. The normalized spacial score (nSPS) is 38.4. The van der Waals surface area contributed by atoms with Crippen LogP contribution in [0.3, 0.4) is 0 Å². The zero-order chi connectivity index (χ0) is 27.8. The first-order valence-electron chi connectivity index (χ1n) is 15.7. The van der Waals surface area contributed by atoms with E-state index in [-0.39, 0.29) is 12.1 Å². The van der Waals surface area contributed by atoms with Crippen LogP contribution in [0.2, 0.25) is 0 Å². The summed E-state index contributed by atoms with van der Waals surface area (Å²) >= 11 is 0. The summed E-state index contributed by atoms with van der Waals surface area (Å²) in [6.07, 6.45) is 16.5. The molecule has 214 valence electrons. The van der Waals surface area contributed by atoms with Gasteiger partial charge in [-0.3, -0.25) is 0 Å². The lowest BCUT2D eigenvalue weighted by Crippen LogP contribution is -2.54. The fourth-order valence-electron chi connectivity index (χ4n) is 10.0. The second kappa shape index (κ2) is 11.4. The average Bonchev–Trinajstić information content (AvgIpc) is 3.28. The molecule has 0 radical (unpaired) electrons. The Hall–Kier alpha value is -2.10. The molecule has 9 unspecified atom stereocenters. The van der Waals surface area contributed by atoms with Crippen molar-refractivity contribution in [2.45, 2.75) is 104 Å². The molecule has 0 N–H and O–H groups in total. The molecule has 0 spiro atoms. The molecule has 9 atom stereocenters.